The minimum absolute atomic E-state index is 0.0501. The minimum Gasteiger partial charge on any atom is -0.481 e. The van der Waals surface area contributed by atoms with Crippen LogP contribution in [0.3, 0.4) is 0 Å². The highest BCUT2D eigenvalue weighted by atomic mass is 16.5. The van der Waals surface area contributed by atoms with Gasteiger partial charge in [0.1, 0.15) is 12.6 Å². The number of hydrogen-bond donors (Lipinski definition) is 2. The van der Waals surface area contributed by atoms with Crippen LogP contribution in [0, 0.1) is 11.3 Å². The van der Waals surface area contributed by atoms with E-state index < -0.39 is 36.5 Å². The van der Waals surface area contributed by atoms with Crippen molar-refractivity contribution in [2.75, 3.05) is 13.7 Å². The topological polar surface area (TPSA) is 120 Å². The lowest BCUT2D eigenvalue weighted by molar-refractivity contribution is -0.142. The number of alkyl carbamates (subject to hydrolysis) is 1. The quantitative estimate of drug-likeness (QED) is 0.657. The van der Waals surface area contributed by atoms with Gasteiger partial charge in [-0.15, -0.1) is 0 Å². The largest absolute Gasteiger partial charge is 0.481 e. The zero-order valence-corrected chi connectivity index (χ0v) is 17.9. The van der Waals surface area contributed by atoms with E-state index in [9.17, 15) is 19.5 Å². The fraction of sp³-hybridized carbons (Fsp3) is 0.333. The second-order valence-electron chi connectivity index (χ2n) is 7.78. The molecule has 2 amide bonds. The predicted molar refractivity (Wildman–Crippen MR) is 117 cm³/mol. The molecular weight excluding hydrogens is 410 g/mol. The van der Waals surface area contributed by atoms with Crippen LogP contribution in [0.25, 0.3) is 11.1 Å². The first-order chi connectivity index (χ1) is 15.3. The highest BCUT2D eigenvalue weighted by Gasteiger charge is 2.31. The highest BCUT2D eigenvalue weighted by Crippen LogP contribution is 2.44. The van der Waals surface area contributed by atoms with Crippen LogP contribution in [-0.2, 0) is 14.3 Å². The number of carbonyl (C=O) groups is 3. The maximum Gasteiger partial charge on any atom is 0.407 e. The Morgan fingerprint density at radius 1 is 1.12 bits per heavy atom. The average Bonchev–Trinajstić information content (AvgIpc) is 3.10. The number of carboxylic acids is 1. The van der Waals surface area contributed by atoms with E-state index in [1.54, 1.807) is 6.92 Å². The van der Waals surface area contributed by atoms with Gasteiger partial charge in [-0.25, -0.2) is 4.79 Å². The maximum absolute atomic E-state index is 12.7. The van der Waals surface area contributed by atoms with Crippen molar-refractivity contribution in [2.45, 2.75) is 37.8 Å². The molecule has 2 aromatic carbocycles. The van der Waals surface area contributed by atoms with Gasteiger partial charge in [0.25, 0.3) is 0 Å². The zero-order chi connectivity index (χ0) is 23.3. The van der Waals surface area contributed by atoms with Crippen molar-refractivity contribution >= 4 is 18.0 Å². The summed E-state index contributed by atoms with van der Waals surface area (Å²) >= 11 is 0. The number of rotatable bonds is 8. The summed E-state index contributed by atoms with van der Waals surface area (Å²) in [5.41, 5.74) is 4.27. The fourth-order valence-corrected chi connectivity index (χ4v) is 3.89. The van der Waals surface area contributed by atoms with Gasteiger partial charge in [0.05, 0.1) is 18.9 Å². The van der Waals surface area contributed by atoms with Gasteiger partial charge in [-0.1, -0.05) is 48.5 Å². The van der Waals surface area contributed by atoms with E-state index in [2.05, 4.69) is 5.32 Å². The van der Waals surface area contributed by atoms with Crippen molar-refractivity contribution in [3.63, 3.8) is 0 Å². The number of ether oxygens (including phenoxy) is 1. The molecule has 0 bridgehead atoms. The van der Waals surface area contributed by atoms with Crippen LogP contribution in [0.4, 0.5) is 4.79 Å². The fourth-order valence-electron chi connectivity index (χ4n) is 3.89. The summed E-state index contributed by atoms with van der Waals surface area (Å²) in [4.78, 5) is 37.7. The molecule has 1 aliphatic carbocycles. The third kappa shape index (κ3) is 4.89. The molecule has 0 heterocycles. The van der Waals surface area contributed by atoms with Crippen LogP contribution in [0.15, 0.2) is 48.5 Å². The molecule has 0 spiro atoms. The second-order valence-corrected chi connectivity index (χ2v) is 7.78. The Kier molecular flexibility index (Phi) is 7.11. The van der Waals surface area contributed by atoms with Crippen LogP contribution in [-0.4, -0.2) is 53.7 Å². The molecular formula is C24H25N3O5. The zero-order valence-electron chi connectivity index (χ0n) is 17.9. The van der Waals surface area contributed by atoms with Crippen molar-refractivity contribution in [1.82, 2.24) is 10.2 Å². The Balaban J connectivity index is 1.69. The van der Waals surface area contributed by atoms with Crippen molar-refractivity contribution in [3.8, 4) is 17.2 Å². The lowest BCUT2D eigenvalue weighted by atomic mass is 9.98. The molecule has 32 heavy (non-hydrogen) atoms. The number of nitrogens with zero attached hydrogens (tertiary/aromatic N) is 2. The Bertz CT molecular complexity index is 1020. The van der Waals surface area contributed by atoms with Crippen LogP contribution in [0.2, 0.25) is 0 Å². The number of benzene rings is 2. The van der Waals surface area contributed by atoms with Gasteiger partial charge in [-0.05, 0) is 29.2 Å². The Morgan fingerprint density at radius 2 is 1.69 bits per heavy atom. The van der Waals surface area contributed by atoms with Gasteiger partial charge < -0.3 is 20.1 Å². The molecule has 0 radical (unpaired) electrons. The van der Waals surface area contributed by atoms with Gasteiger partial charge in [-0.2, -0.15) is 5.26 Å². The van der Waals surface area contributed by atoms with E-state index in [4.69, 9.17) is 10.00 Å². The molecule has 166 valence electrons. The van der Waals surface area contributed by atoms with E-state index in [1.165, 1.54) is 11.9 Å². The Hall–Kier alpha value is -3.86. The number of hydrogen-bond acceptors (Lipinski definition) is 5. The molecule has 0 aromatic heterocycles. The smallest absolute Gasteiger partial charge is 0.407 e. The standard InChI is InChI=1S/C24H25N3O5/c1-15(11-12-25)27(2)23(30)21(13-22(28)29)26-24(31)32-14-20-18-9-5-3-7-16(18)17-8-4-6-10-19(17)20/h3-10,15,20-21H,11,13-14H2,1-2H3,(H,26,31)(H,28,29). The van der Waals surface area contributed by atoms with Crippen molar-refractivity contribution < 1.29 is 24.2 Å². The summed E-state index contributed by atoms with van der Waals surface area (Å²) in [6, 6.07) is 16.0. The summed E-state index contributed by atoms with van der Waals surface area (Å²) in [5, 5.41) is 20.4. The molecule has 8 heteroatoms. The number of likely N-dealkylation sites (N-methyl/N-ethyl adjacent to an activating group) is 1. The minimum atomic E-state index is -1.30. The summed E-state index contributed by atoms with van der Waals surface area (Å²) in [6.07, 6.45) is -1.37. The van der Waals surface area contributed by atoms with Crippen LogP contribution < -0.4 is 5.32 Å². The molecule has 3 rings (SSSR count). The lowest BCUT2D eigenvalue weighted by Gasteiger charge is -2.27. The van der Waals surface area contributed by atoms with E-state index >= 15 is 0 Å². The number of carbonyl (C=O) groups excluding carboxylic acids is 2. The normalized spacial score (nSPS) is 13.8. The Labute approximate surface area is 186 Å². The van der Waals surface area contributed by atoms with Crippen molar-refractivity contribution in [3.05, 3.63) is 59.7 Å². The predicted octanol–water partition coefficient (Wildman–Crippen LogP) is 3.13. The first kappa shape index (κ1) is 22.8. The number of aliphatic carboxylic acids is 1. The second kappa shape index (κ2) is 9.96. The van der Waals surface area contributed by atoms with Gasteiger partial charge >= 0.3 is 12.1 Å². The third-order valence-corrected chi connectivity index (χ3v) is 5.71. The van der Waals surface area contributed by atoms with Crippen LogP contribution in [0.1, 0.15) is 36.8 Å². The number of nitriles is 1. The van der Waals surface area contributed by atoms with Gasteiger partial charge in [0.2, 0.25) is 5.91 Å². The average molecular weight is 435 g/mol. The number of fused-ring (bicyclic) bond motifs is 3. The molecule has 0 saturated carbocycles. The summed E-state index contributed by atoms with van der Waals surface area (Å²) in [6.45, 7) is 1.72. The summed E-state index contributed by atoms with van der Waals surface area (Å²) < 4.78 is 5.42. The molecule has 0 saturated heterocycles. The van der Waals surface area contributed by atoms with Crippen molar-refractivity contribution in [1.29, 1.82) is 5.26 Å². The molecule has 0 fully saturated rings. The number of carboxylic acid groups (broad SMARTS) is 1. The van der Waals surface area contributed by atoms with E-state index in [1.807, 2.05) is 54.6 Å². The Morgan fingerprint density at radius 3 is 2.22 bits per heavy atom. The SMILES string of the molecule is CC(CC#N)N(C)C(=O)C(CC(=O)O)NC(=O)OCC1c2ccccc2-c2ccccc21. The monoisotopic (exact) mass is 435 g/mol. The number of nitrogens with one attached hydrogen (secondary N) is 1. The van der Waals surface area contributed by atoms with E-state index in [0.717, 1.165) is 22.3 Å². The molecule has 2 N–H and O–H groups in total. The van der Waals surface area contributed by atoms with Gasteiger partial charge in [-0.3, -0.25) is 9.59 Å². The first-order valence-electron chi connectivity index (χ1n) is 10.3. The van der Waals surface area contributed by atoms with Crippen molar-refractivity contribution in [2.24, 2.45) is 0 Å². The first-order valence-corrected chi connectivity index (χ1v) is 10.3. The molecule has 8 nitrogen and oxygen atoms in total. The summed E-state index contributed by atoms with van der Waals surface area (Å²) in [7, 11) is 1.47. The van der Waals surface area contributed by atoms with Crippen LogP contribution in [0.5, 0.6) is 0 Å². The highest BCUT2D eigenvalue weighted by molar-refractivity contribution is 5.89. The van der Waals surface area contributed by atoms with Crippen LogP contribution >= 0.6 is 0 Å². The molecule has 1 aliphatic rings. The van der Waals surface area contributed by atoms with E-state index in [-0.39, 0.29) is 18.9 Å². The molecule has 0 aliphatic heterocycles. The molecule has 2 unspecified atom stereocenters. The summed E-state index contributed by atoms with van der Waals surface area (Å²) in [5.74, 6) is -1.98. The maximum atomic E-state index is 12.7. The van der Waals surface area contributed by atoms with Gasteiger partial charge in [0, 0.05) is 19.0 Å². The third-order valence-electron chi connectivity index (χ3n) is 5.71. The molecule has 2 aromatic rings. The lowest BCUT2D eigenvalue weighted by Crippen LogP contribution is -2.50. The molecule has 2 atom stereocenters. The van der Waals surface area contributed by atoms with Gasteiger partial charge in [0.15, 0.2) is 0 Å². The van der Waals surface area contributed by atoms with E-state index in [0.29, 0.717) is 0 Å². The number of amides is 2.